The number of hydrogen-bond donors (Lipinski definition) is 3. The Morgan fingerprint density at radius 2 is 1.82 bits per heavy atom. The molecule has 0 bridgehead atoms. The van der Waals surface area contributed by atoms with Crippen LogP contribution >= 0.6 is 0 Å². The number of terminal acetylenes is 1. The third kappa shape index (κ3) is 6.15. The minimum Gasteiger partial charge on any atom is -0.382 e. The largest absolute Gasteiger partial charge is 0.416 e. The molecule has 0 aromatic heterocycles. The lowest BCUT2D eigenvalue weighted by molar-refractivity contribution is -0.137. The highest BCUT2D eigenvalue weighted by Crippen LogP contribution is 2.41. The molecule has 2 aromatic rings. The van der Waals surface area contributed by atoms with Crippen molar-refractivity contribution in [1.82, 2.24) is 15.1 Å². The zero-order valence-corrected chi connectivity index (χ0v) is 24.3. The van der Waals surface area contributed by atoms with Crippen molar-refractivity contribution in [2.75, 3.05) is 13.1 Å². The Bertz CT molecular complexity index is 1510. The summed E-state index contributed by atoms with van der Waals surface area (Å²) >= 11 is 0. The number of aliphatic imine (C=N–C) groups is 1. The molecule has 234 valence electrons. The Labute approximate surface area is 252 Å². The van der Waals surface area contributed by atoms with E-state index in [2.05, 4.69) is 23.2 Å². The molecule has 3 atom stereocenters. The average molecular weight is 616 g/mol. The Kier molecular flexibility index (Phi) is 9.39. The first-order valence-electron chi connectivity index (χ1n) is 14.1. The lowest BCUT2D eigenvalue weighted by Crippen LogP contribution is -2.47. The lowest BCUT2D eigenvalue weighted by atomic mass is 9.85. The van der Waals surface area contributed by atoms with E-state index in [1.807, 2.05) is 16.7 Å². The number of benzene rings is 2. The molecule has 44 heavy (non-hydrogen) atoms. The number of hydrogen-bond acceptors (Lipinski definition) is 6. The van der Waals surface area contributed by atoms with E-state index in [1.165, 1.54) is 31.3 Å². The molecule has 0 saturated carbocycles. The number of amidine groups is 1. The first-order chi connectivity index (χ1) is 20.8. The van der Waals surface area contributed by atoms with Crippen LogP contribution < -0.4 is 11.1 Å². The Balaban J connectivity index is 0.00000216. The highest BCUT2D eigenvalue weighted by Gasteiger charge is 2.41. The summed E-state index contributed by atoms with van der Waals surface area (Å²) in [4.78, 5) is 20.2. The SMILES string of the molecule is C#C.CCC(CN1CCCC1=O)C1NC(c2ccc([C@@](C)(O)c3cccc(C(F)(F)F)c3)cc2C(F)F)=C2C(N)=NC=CN21. The number of amides is 1. The van der Waals surface area contributed by atoms with Gasteiger partial charge in [0.1, 0.15) is 23.3 Å². The van der Waals surface area contributed by atoms with Crippen molar-refractivity contribution < 1.29 is 31.9 Å². The maximum absolute atomic E-state index is 14.6. The average Bonchev–Trinajstić information content (AvgIpc) is 3.60. The number of alkyl halides is 5. The minimum atomic E-state index is -4.64. The monoisotopic (exact) mass is 615 g/mol. The second-order valence-electron chi connectivity index (χ2n) is 10.9. The molecular formula is C32H34F5N5O2. The van der Waals surface area contributed by atoms with E-state index in [0.29, 0.717) is 37.3 Å². The second kappa shape index (κ2) is 12.7. The predicted octanol–water partition coefficient (Wildman–Crippen LogP) is 5.54. The maximum Gasteiger partial charge on any atom is 0.416 e. The van der Waals surface area contributed by atoms with Crippen LogP contribution in [-0.2, 0) is 16.6 Å². The van der Waals surface area contributed by atoms with Gasteiger partial charge in [-0.15, -0.1) is 12.8 Å². The molecule has 1 saturated heterocycles. The van der Waals surface area contributed by atoms with Crippen molar-refractivity contribution in [1.29, 1.82) is 0 Å². The van der Waals surface area contributed by atoms with Gasteiger partial charge in [0, 0.05) is 49.0 Å². The molecule has 2 unspecified atom stereocenters. The third-order valence-electron chi connectivity index (χ3n) is 8.24. The smallest absolute Gasteiger partial charge is 0.382 e. The van der Waals surface area contributed by atoms with Crippen LogP contribution in [0.5, 0.6) is 0 Å². The fourth-order valence-corrected chi connectivity index (χ4v) is 5.85. The van der Waals surface area contributed by atoms with Gasteiger partial charge in [0.15, 0.2) is 0 Å². The molecule has 0 aliphatic carbocycles. The third-order valence-corrected chi connectivity index (χ3v) is 8.24. The minimum absolute atomic E-state index is 0.00189. The summed E-state index contributed by atoms with van der Waals surface area (Å²) < 4.78 is 69.2. The molecule has 1 fully saturated rings. The van der Waals surface area contributed by atoms with Crippen molar-refractivity contribution in [3.8, 4) is 12.8 Å². The van der Waals surface area contributed by atoms with Gasteiger partial charge in [-0.3, -0.25) is 4.79 Å². The molecule has 3 aliphatic rings. The number of likely N-dealkylation sites (tertiary alicyclic amines) is 1. The van der Waals surface area contributed by atoms with Gasteiger partial charge < -0.3 is 26.0 Å². The van der Waals surface area contributed by atoms with E-state index in [9.17, 15) is 31.9 Å². The van der Waals surface area contributed by atoms with Gasteiger partial charge in [-0.05, 0) is 49.1 Å². The normalized spacial score (nSPS) is 20.1. The summed E-state index contributed by atoms with van der Waals surface area (Å²) in [5.74, 6) is 0.124. The maximum atomic E-state index is 14.6. The quantitative estimate of drug-likeness (QED) is 0.268. The molecule has 2 aromatic carbocycles. The van der Waals surface area contributed by atoms with Crippen molar-refractivity contribution >= 4 is 17.4 Å². The summed E-state index contributed by atoms with van der Waals surface area (Å²) in [5, 5.41) is 14.7. The fourth-order valence-electron chi connectivity index (χ4n) is 5.85. The topological polar surface area (TPSA) is 94.2 Å². The number of carbonyl (C=O) groups excluding carboxylic acids is 1. The Morgan fingerprint density at radius 1 is 1.14 bits per heavy atom. The van der Waals surface area contributed by atoms with Crippen molar-refractivity contribution in [3.63, 3.8) is 0 Å². The predicted molar refractivity (Wildman–Crippen MR) is 157 cm³/mol. The van der Waals surface area contributed by atoms with E-state index in [0.717, 1.165) is 30.7 Å². The molecule has 1 amide bonds. The first kappa shape index (κ1) is 32.5. The summed E-state index contributed by atoms with van der Waals surface area (Å²) in [6.07, 6.45) is 5.18. The molecule has 0 radical (unpaired) electrons. The highest BCUT2D eigenvalue weighted by molar-refractivity contribution is 6.05. The lowest BCUT2D eigenvalue weighted by Gasteiger charge is -2.34. The molecule has 3 heterocycles. The van der Waals surface area contributed by atoms with Crippen molar-refractivity contribution in [3.05, 3.63) is 88.4 Å². The first-order valence-corrected chi connectivity index (χ1v) is 14.1. The summed E-state index contributed by atoms with van der Waals surface area (Å²) in [6.45, 7) is 4.40. The van der Waals surface area contributed by atoms with Crippen LogP contribution in [0.1, 0.15) is 67.4 Å². The van der Waals surface area contributed by atoms with E-state index in [4.69, 9.17) is 5.73 Å². The summed E-state index contributed by atoms with van der Waals surface area (Å²) in [6, 6.07) is 8.10. The Morgan fingerprint density at radius 3 is 2.43 bits per heavy atom. The van der Waals surface area contributed by atoms with E-state index in [1.54, 1.807) is 6.20 Å². The van der Waals surface area contributed by atoms with Crippen LogP contribution in [0.2, 0.25) is 0 Å². The molecule has 0 spiro atoms. The zero-order valence-electron chi connectivity index (χ0n) is 24.3. The van der Waals surface area contributed by atoms with Gasteiger partial charge >= 0.3 is 6.18 Å². The zero-order chi connectivity index (χ0) is 32.4. The molecular weight excluding hydrogens is 581 g/mol. The van der Waals surface area contributed by atoms with Crippen LogP contribution in [0.25, 0.3) is 5.70 Å². The number of rotatable bonds is 8. The number of nitrogens with one attached hydrogen (secondary N) is 1. The van der Waals surface area contributed by atoms with Gasteiger partial charge in [-0.1, -0.05) is 31.2 Å². The molecule has 4 N–H and O–H groups in total. The molecule has 7 nitrogen and oxygen atoms in total. The van der Waals surface area contributed by atoms with E-state index >= 15 is 0 Å². The van der Waals surface area contributed by atoms with Crippen LogP contribution in [-0.4, -0.2) is 45.9 Å². The standard InChI is InChI=1S/C30H32F5N5O2.C2H2/c1-3-17(16-39-12-5-8-23(39)41)28-38-24(25-27(36)37-11-13-40(25)28)21-10-9-19(15-22(21)26(31)32)29(2,42)18-6-4-7-20(14-18)30(33,34)35;1-2/h4,6-7,9-11,13-15,17,26,28,38,42H,3,5,8,12,16H2,1-2H3,(H2,36,37);1-2H/t17?,28?,29-;/m0./s1. The number of carbonyl (C=O) groups is 1. The molecule has 5 rings (SSSR count). The Hall–Kier alpha value is -4.37. The van der Waals surface area contributed by atoms with E-state index in [-0.39, 0.29) is 34.4 Å². The van der Waals surface area contributed by atoms with Gasteiger partial charge in [-0.2, -0.15) is 13.2 Å². The van der Waals surface area contributed by atoms with E-state index < -0.39 is 35.5 Å². The number of halogens is 5. The van der Waals surface area contributed by atoms with Crippen LogP contribution in [0.4, 0.5) is 22.0 Å². The number of fused-ring (bicyclic) bond motifs is 1. The number of aliphatic hydroxyl groups is 1. The fraction of sp³-hybridized carbons (Fsp3) is 0.375. The molecule has 3 aliphatic heterocycles. The molecule has 12 heteroatoms. The van der Waals surface area contributed by atoms with Crippen molar-refractivity contribution in [2.45, 2.75) is 57.5 Å². The van der Waals surface area contributed by atoms with Crippen LogP contribution in [0, 0.1) is 18.8 Å². The van der Waals surface area contributed by atoms with Crippen molar-refractivity contribution in [2.24, 2.45) is 16.6 Å². The summed E-state index contributed by atoms with van der Waals surface area (Å²) in [7, 11) is 0. The summed E-state index contributed by atoms with van der Waals surface area (Å²) in [5.41, 5.74) is 3.64. The number of nitrogens with two attached hydrogens (primary N) is 1. The number of nitrogens with zero attached hydrogens (tertiary/aromatic N) is 3. The van der Waals surface area contributed by atoms with Gasteiger partial charge in [0.25, 0.3) is 6.43 Å². The van der Waals surface area contributed by atoms with Gasteiger partial charge in [-0.25, -0.2) is 13.8 Å². The van der Waals surface area contributed by atoms with Gasteiger partial charge in [0.2, 0.25) is 5.91 Å². The van der Waals surface area contributed by atoms with Gasteiger partial charge in [0.05, 0.1) is 11.3 Å². The second-order valence-corrected chi connectivity index (χ2v) is 10.9. The van der Waals surface area contributed by atoms with Crippen LogP contribution in [0.3, 0.4) is 0 Å². The van der Waals surface area contributed by atoms with Crippen LogP contribution in [0.15, 0.2) is 65.6 Å². The highest BCUT2D eigenvalue weighted by atomic mass is 19.4.